The number of aromatic nitrogens is 4. The standard InChI is InChI=1S/C23H35N5O3S/c1-14(2)28(15-11-9-8-10-12-15)16(29)13-32-19-17-18(24-21(25-19)23(3,4)5)26(6)22(31)27(7)20(17)30/h14-15H,8-13H2,1-7H3. The van der Waals surface area contributed by atoms with E-state index in [-0.39, 0.29) is 34.5 Å². The van der Waals surface area contributed by atoms with Gasteiger partial charge in [0, 0.05) is 31.6 Å². The maximum Gasteiger partial charge on any atom is 0.332 e. The van der Waals surface area contributed by atoms with E-state index in [9.17, 15) is 14.4 Å². The molecule has 1 fully saturated rings. The van der Waals surface area contributed by atoms with Crippen molar-refractivity contribution in [2.75, 3.05) is 5.75 Å². The van der Waals surface area contributed by atoms with Crippen LogP contribution in [0.2, 0.25) is 0 Å². The average Bonchev–Trinajstić information content (AvgIpc) is 2.74. The molecule has 0 aliphatic heterocycles. The molecule has 0 radical (unpaired) electrons. The minimum atomic E-state index is -0.438. The van der Waals surface area contributed by atoms with Gasteiger partial charge in [-0.3, -0.25) is 18.7 Å². The maximum atomic E-state index is 13.3. The second kappa shape index (κ2) is 9.37. The predicted molar refractivity (Wildman–Crippen MR) is 128 cm³/mol. The fraction of sp³-hybridized carbons (Fsp3) is 0.696. The van der Waals surface area contributed by atoms with Gasteiger partial charge in [-0.1, -0.05) is 51.8 Å². The van der Waals surface area contributed by atoms with Crippen molar-refractivity contribution < 1.29 is 4.79 Å². The SMILES string of the molecule is CC(C)N(C(=O)CSc1nc(C(C)(C)C)nc2c1c(=O)n(C)c(=O)n2C)C1CCCCC1. The number of carbonyl (C=O) groups excluding carboxylic acids is 1. The van der Waals surface area contributed by atoms with Gasteiger partial charge in [0.15, 0.2) is 5.65 Å². The first-order valence-electron chi connectivity index (χ1n) is 11.4. The molecule has 2 aromatic heterocycles. The number of hydrogen-bond acceptors (Lipinski definition) is 6. The van der Waals surface area contributed by atoms with Gasteiger partial charge < -0.3 is 4.90 Å². The van der Waals surface area contributed by atoms with E-state index in [0.29, 0.717) is 16.5 Å². The molecule has 0 N–H and O–H groups in total. The van der Waals surface area contributed by atoms with Crippen molar-refractivity contribution in [1.82, 2.24) is 24.0 Å². The van der Waals surface area contributed by atoms with E-state index in [1.807, 2.05) is 25.7 Å². The van der Waals surface area contributed by atoms with E-state index >= 15 is 0 Å². The molecule has 1 saturated carbocycles. The zero-order chi connectivity index (χ0) is 23.8. The molecule has 0 aromatic carbocycles. The van der Waals surface area contributed by atoms with Gasteiger partial charge in [-0.2, -0.15) is 0 Å². The van der Waals surface area contributed by atoms with Crippen LogP contribution in [0, 0.1) is 0 Å². The number of fused-ring (bicyclic) bond motifs is 1. The number of amides is 1. The summed E-state index contributed by atoms with van der Waals surface area (Å²) in [5.74, 6) is 0.787. The van der Waals surface area contributed by atoms with Gasteiger partial charge in [-0.25, -0.2) is 14.8 Å². The van der Waals surface area contributed by atoms with Crippen molar-refractivity contribution >= 4 is 28.7 Å². The summed E-state index contributed by atoms with van der Waals surface area (Å²) < 4.78 is 2.44. The van der Waals surface area contributed by atoms with E-state index in [1.54, 1.807) is 7.05 Å². The Balaban J connectivity index is 2.03. The number of hydrogen-bond donors (Lipinski definition) is 0. The van der Waals surface area contributed by atoms with Gasteiger partial charge in [0.05, 0.1) is 5.75 Å². The number of carbonyl (C=O) groups is 1. The van der Waals surface area contributed by atoms with Gasteiger partial charge in [0.2, 0.25) is 5.91 Å². The third-order valence-electron chi connectivity index (χ3n) is 6.08. The molecule has 0 saturated heterocycles. The van der Waals surface area contributed by atoms with Crippen molar-refractivity contribution in [2.24, 2.45) is 14.1 Å². The van der Waals surface area contributed by atoms with E-state index < -0.39 is 11.2 Å². The van der Waals surface area contributed by atoms with Crippen LogP contribution in [-0.4, -0.2) is 47.7 Å². The van der Waals surface area contributed by atoms with E-state index in [0.717, 1.165) is 30.3 Å². The van der Waals surface area contributed by atoms with Crippen LogP contribution in [0.5, 0.6) is 0 Å². The maximum absolute atomic E-state index is 13.3. The molecule has 0 unspecified atom stereocenters. The molecular formula is C23H35N5O3S. The Morgan fingerprint density at radius 3 is 2.28 bits per heavy atom. The Morgan fingerprint density at radius 2 is 1.72 bits per heavy atom. The Bertz CT molecular complexity index is 1120. The summed E-state index contributed by atoms with van der Waals surface area (Å²) in [6, 6.07) is 0.394. The predicted octanol–water partition coefficient (Wildman–Crippen LogP) is 2.99. The molecule has 1 aliphatic rings. The van der Waals surface area contributed by atoms with Gasteiger partial charge in [-0.05, 0) is 26.7 Å². The summed E-state index contributed by atoms with van der Waals surface area (Å²) in [4.78, 5) is 50.0. The first-order valence-corrected chi connectivity index (χ1v) is 12.3. The van der Waals surface area contributed by atoms with Gasteiger partial charge in [0.25, 0.3) is 5.56 Å². The van der Waals surface area contributed by atoms with Crippen LogP contribution < -0.4 is 11.2 Å². The average molecular weight is 462 g/mol. The van der Waals surface area contributed by atoms with E-state index in [2.05, 4.69) is 23.8 Å². The van der Waals surface area contributed by atoms with Gasteiger partial charge in [0.1, 0.15) is 16.2 Å². The lowest BCUT2D eigenvalue weighted by Crippen LogP contribution is -2.46. The Kier molecular flexibility index (Phi) is 7.17. The molecule has 2 aromatic rings. The van der Waals surface area contributed by atoms with Crippen LogP contribution in [0.3, 0.4) is 0 Å². The minimum Gasteiger partial charge on any atom is -0.337 e. The fourth-order valence-corrected chi connectivity index (χ4v) is 5.23. The monoisotopic (exact) mass is 461 g/mol. The number of thioether (sulfide) groups is 1. The van der Waals surface area contributed by atoms with Crippen molar-refractivity contribution in [2.45, 2.75) is 89.2 Å². The molecule has 32 heavy (non-hydrogen) atoms. The molecule has 1 aliphatic carbocycles. The Labute approximate surface area is 193 Å². The number of rotatable bonds is 5. The molecular weight excluding hydrogens is 426 g/mol. The van der Waals surface area contributed by atoms with Crippen LogP contribution in [0.15, 0.2) is 14.6 Å². The highest BCUT2D eigenvalue weighted by atomic mass is 32.2. The van der Waals surface area contributed by atoms with Gasteiger partial charge >= 0.3 is 5.69 Å². The van der Waals surface area contributed by atoms with Crippen LogP contribution in [0.4, 0.5) is 0 Å². The van der Waals surface area contributed by atoms with E-state index in [1.165, 1.54) is 29.8 Å². The largest absolute Gasteiger partial charge is 0.337 e. The van der Waals surface area contributed by atoms with Crippen LogP contribution >= 0.6 is 11.8 Å². The number of nitrogens with zero attached hydrogens (tertiary/aromatic N) is 5. The van der Waals surface area contributed by atoms with Gasteiger partial charge in [-0.15, -0.1) is 0 Å². The lowest BCUT2D eigenvalue weighted by molar-refractivity contribution is -0.133. The van der Waals surface area contributed by atoms with Crippen molar-refractivity contribution in [3.63, 3.8) is 0 Å². The quantitative estimate of drug-likeness (QED) is 0.502. The highest BCUT2D eigenvalue weighted by molar-refractivity contribution is 8.00. The molecule has 8 nitrogen and oxygen atoms in total. The summed E-state index contributed by atoms with van der Waals surface area (Å²) in [5, 5.41) is 0.742. The van der Waals surface area contributed by atoms with Crippen molar-refractivity contribution in [3.05, 3.63) is 26.7 Å². The molecule has 0 atom stereocenters. The first kappa shape index (κ1) is 24.5. The highest BCUT2D eigenvalue weighted by Gasteiger charge is 2.29. The van der Waals surface area contributed by atoms with Crippen LogP contribution in [0.1, 0.15) is 72.5 Å². The Hall–Kier alpha value is -2.16. The highest BCUT2D eigenvalue weighted by Crippen LogP contribution is 2.29. The Morgan fingerprint density at radius 1 is 1.09 bits per heavy atom. The number of aryl methyl sites for hydroxylation is 1. The summed E-state index contributed by atoms with van der Waals surface area (Å²) in [6.45, 7) is 10.1. The third-order valence-corrected chi connectivity index (χ3v) is 7.04. The molecule has 0 spiro atoms. The minimum absolute atomic E-state index is 0.0580. The second-order valence-electron chi connectivity index (χ2n) is 9.98. The molecule has 9 heteroatoms. The lowest BCUT2D eigenvalue weighted by atomic mass is 9.93. The smallest absolute Gasteiger partial charge is 0.332 e. The summed E-state index contributed by atoms with van der Waals surface area (Å²) in [7, 11) is 3.05. The molecule has 0 bridgehead atoms. The van der Waals surface area contributed by atoms with Crippen LogP contribution in [-0.2, 0) is 24.3 Å². The summed E-state index contributed by atoms with van der Waals surface area (Å²) >= 11 is 1.26. The summed E-state index contributed by atoms with van der Waals surface area (Å²) in [6.07, 6.45) is 5.63. The summed E-state index contributed by atoms with van der Waals surface area (Å²) in [5.41, 5.74) is -0.944. The van der Waals surface area contributed by atoms with Crippen LogP contribution in [0.25, 0.3) is 11.0 Å². The fourth-order valence-electron chi connectivity index (χ4n) is 4.35. The third kappa shape index (κ3) is 4.77. The molecule has 176 valence electrons. The lowest BCUT2D eigenvalue weighted by Gasteiger charge is -2.37. The van der Waals surface area contributed by atoms with E-state index in [4.69, 9.17) is 0 Å². The molecule has 3 rings (SSSR count). The first-order chi connectivity index (χ1) is 14.9. The zero-order valence-electron chi connectivity index (χ0n) is 20.3. The topological polar surface area (TPSA) is 90.1 Å². The van der Waals surface area contributed by atoms with Crippen molar-refractivity contribution in [3.8, 4) is 0 Å². The molecule has 1 amide bonds. The second-order valence-corrected chi connectivity index (χ2v) is 10.9. The normalized spacial score (nSPS) is 15.5. The zero-order valence-corrected chi connectivity index (χ0v) is 21.1. The molecule has 2 heterocycles. The van der Waals surface area contributed by atoms with Crippen molar-refractivity contribution in [1.29, 1.82) is 0 Å².